The zero-order valence-electron chi connectivity index (χ0n) is 15.8. The first-order valence-electron chi connectivity index (χ1n) is 3.92. The summed E-state index contributed by atoms with van der Waals surface area (Å²) in [4.78, 5) is 0. The molecule has 1 rings (SSSR count). The van der Waals surface area contributed by atoms with Crippen molar-refractivity contribution in [3.63, 3.8) is 0 Å². The van der Waals surface area contributed by atoms with Crippen LogP contribution in [-0.4, -0.2) is 31.1 Å². The van der Waals surface area contributed by atoms with Crippen molar-refractivity contribution in [2.75, 3.05) is 21.1 Å². The first-order valence-corrected chi connectivity index (χ1v) is 3.92. The number of rotatable bonds is 2. The summed E-state index contributed by atoms with van der Waals surface area (Å²) in [6.45, 7) is 1.10. The molecule has 23 heavy (non-hydrogen) atoms. The zero-order valence-corrected chi connectivity index (χ0v) is 15.8. The van der Waals surface area contributed by atoms with Crippen molar-refractivity contribution < 1.29 is 9.96 Å². The molecule has 0 fully saturated rings. The van der Waals surface area contributed by atoms with E-state index < -0.39 is 0 Å². The molecule has 0 atom stereocenters. The fourth-order valence-corrected chi connectivity index (χ4v) is 1.13. The lowest BCUT2D eigenvalue weighted by atomic mass is 10.2. The number of hydrogen-bond donors (Lipinski definition) is 11. The third kappa shape index (κ3) is 52.9. The van der Waals surface area contributed by atoms with Crippen LogP contribution in [0.3, 0.4) is 0 Å². The summed E-state index contributed by atoms with van der Waals surface area (Å²) in [5, 5.41) is 0. The second-order valence-electron chi connectivity index (χ2n) is 3.93. The molecule has 13 heteroatoms. The number of quaternary nitrogens is 1. The van der Waals surface area contributed by atoms with Gasteiger partial charge >= 0.3 is 0 Å². The van der Waals surface area contributed by atoms with Gasteiger partial charge in [-0.15, -0.1) is 0 Å². The van der Waals surface area contributed by atoms with Gasteiger partial charge in [0.25, 0.3) is 0 Å². The van der Waals surface area contributed by atoms with Crippen LogP contribution in [0.4, 0.5) is 0 Å². The lowest BCUT2D eigenvalue weighted by Crippen LogP contribution is -2.33. The number of hydrogen-bond acceptors (Lipinski definition) is 12. The minimum Gasteiger partial charge on any atom is -0.870 e. The van der Waals surface area contributed by atoms with Gasteiger partial charge in [-0.1, -0.05) is 30.3 Å². The minimum absolute atomic E-state index is 0. The van der Waals surface area contributed by atoms with Crippen molar-refractivity contribution in [1.82, 2.24) is 67.7 Å². The predicted molar refractivity (Wildman–Crippen MR) is 105 cm³/mol. The van der Waals surface area contributed by atoms with Crippen molar-refractivity contribution >= 4 is 0 Å². The average Bonchev–Trinajstić information content (AvgIpc) is 1.85. The van der Waals surface area contributed by atoms with E-state index in [1.165, 1.54) is 5.56 Å². The maximum atomic E-state index is 2.20. The molecule has 1 aromatic rings. The summed E-state index contributed by atoms with van der Waals surface area (Å²) in [6.07, 6.45) is 0. The number of benzene rings is 1. The molecule has 0 spiro atoms. The molecule has 0 aromatic heterocycles. The van der Waals surface area contributed by atoms with Crippen LogP contribution in [0, 0.1) is 0 Å². The Balaban J connectivity index is -0.0000000101. The molecule has 1 aromatic carbocycles. The fourth-order valence-electron chi connectivity index (χ4n) is 1.13. The van der Waals surface area contributed by atoms with Gasteiger partial charge in [0, 0.05) is 5.56 Å². The van der Waals surface area contributed by atoms with Gasteiger partial charge in [-0.2, -0.15) is 0 Å². The molecule has 0 radical (unpaired) electrons. The van der Waals surface area contributed by atoms with E-state index in [1.807, 2.05) is 0 Å². The summed E-state index contributed by atoms with van der Waals surface area (Å²) >= 11 is 0. The van der Waals surface area contributed by atoms with E-state index in [4.69, 9.17) is 0 Å². The molecule has 0 saturated carbocycles. The summed E-state index contributed by atoms with van der Waals surface area (Å²) in [5.74, 6) is 0. The normalized spacial score (nSPS) is 5.52. The first-order chi connectivity index (χ1) is 5.08. The topological polar surface area (TPSA) is 415 Å². The minimum atomic E-state index is 0. The average molecular weight is 355 g/mol. The molecule has 0 unspecified atom stereocenters. The molecular formula is C10H50N12O. The van der Waals surface area contributed by atoms with Crippen molar-refractivity contribution in [3.05, 3.63) is 35.9 Å². The predicted octanol–water partition coefficient (Wildman–Crippen LogP) is 3.50. The molecule has 0 bridgehead atoms. The van der Waals surface area contributed by atoms with Gasteiger partial charge in [-0.25, -0.2) is 0 Å². The Hall–Kier alpha value is -1.30. The largest absolute Gasteiger partial charge is 0.870 e. The maximum absolute atomic E-state index is 2.20. The van der Waals surface area contributed by atoms with Gasteiger partial charge in [0.1, 0.15) is 6.54 Å². The Morgan fingerprint density at radius 2 is 0.826 bits per heavy atom. The van der Waals surface area contributed by atoms with E-state index in [2.05, 4.69) is 51.5 Å². The second kappa shape index (κ2) is 42.8. The monoisotopic (exact) mass is 354 g/mol. The third-order valence-corrected chi connectivity index (χ3v) is 1.50. The SMILES string of the molecule is C[N+](C)(C)Cc1ccccc1.N.N.N.N.N.N.N.N.N.N.N.[OH-]. The van der Waals surface area contributed by atoms with Gasteiger partial charge in [0.05, 0.1) is 21.1 Å². The van der Waals surface area contributed by atoms with Crippen molar-refractivity contribution in [3.8, 4) is 0 Å². The highest BCUT2D eigenvalue weighted by atomic mass is 16.0. The summed E-state index contributed by atoms with van der Waals surface area (Å²) in [5.41, 5.74) is 1.40. The number of nitrogens with zero attached hydrogens (tertiary/aromatic N) is 1. The summed E-state index contributed by atoms with van der Waals surface area (Å²) in [7, 11) is 6.60. The van der Waals surface area contributed by atoms with Crippen LogP contribution in [0.15, 0.2) is 30.3 Å². The molecule has 156 valence electrons. The van der Waals surface area contributed by atoms with Gasteiger partial charge in [0.15, 0.2) is 0 Å². The first kappa shape index (κ1) is 98.8. The van der Waals surface area contributed by atoms with Crippen molar-refractivity contribution in [1.29, 1.82) is 0 Å². The smallest absolute Gasteiger partial charge is 0.104 e. The van der Waals surface area contributed by atoms with E-state index in [0.717, 1.165) is 11.0 Å². The Kier molecular flexibility index (Phi) is 184. The highest BCUT2D eigenvalue weighted by molar-refractivity contribution is 5.13. The van der Waals surface area contributed by atoms with Crippen LogP contribution in [0.2, 0.25) is 0 Å². The molecule has 0 amide bonds. The molecule has 0 saturated heterocycles. The third-order valence-electron chi connectivity index (χ3n) is 1.50. The summed E-state index contributed by atoms with van der Waals surface area (Å²) in [6, 6.07) is 10.6. The van der Waals surface area contributed by atoms with Gasteiger partial charge in [0.2, 0.25) is 0 Å². The van der Waals surface area contributed by atoms with E-state index >= 15 is 0 Å². The van der Waals surface area contributed by atoms with Gasteiger partial charge in [-0.05, 0) is 0 Å². The lowest BCUT2D eigenvalue weighted by molar-refractivity contribution is -0.884. The van der Waals surface area contributed by atoms with Crippen LogP contribution in [0.1, 0.15) is 5.56 Å². The maximum Gasteiger partial charge on any atom is 0.104 e. The van der Waals surface area contributed by atoms with Crippen molar-refractivity contribution in [2.24, 2.45) is 0 Å². The molecule has 34 N–H and O–H groups in total. The van der Waals surface area contributed by atoms with Gasteiger partial charge in [-0.3, -0.25) is 0 Å². The van der Waals surface area contributed by atoms with Gasteiger partial charge < -0.3 is 77.6 Å². The Morgan fingerprint density at radius 1 is 0.565 bits per heavy atom. The molecule has 0 heterocycles. The van der Waals surface area contributed by atoms with E-state index in [9.17, 15) is 0 Å². The van der Waals surface area contributed by atoms with E-state index in [-0.39, 0.29) is 73.1 Å². The molecule has 13 nitrogen and oxygen atoms in total. The Labute approximate surface area is 142 Å². The molecular weight excluding hydrogens is 304 g/mol. The van der Waals surface area contributed by atoms with E-state index in [1.54, 1.807) is 0 Å². The van der Waals surface area contributed by atoms with Crippen LogP contribution in [0.25, 0.3) is 0 Å². The molecule has 0 aliphatic carbocycles. The van der Waals surface area contributed by atoms with Crippen LogP contribution in [0.5, 0.6) is 0 Å². The van der Waals surface area contributed by atoms with E-state index in [0.29, 0.717) is 0 Å². The van der Waals surface area contributed by atoms with Crippen molar-refractivity contribution in [2.45, 2.75) is 6.54 Å². The zero-order chi connectivity index (χ0) is 8.32. The van der Waals surface area contributed by atoms with Crippen LogP contribution < -0.4 is 67.7 Å². The highest BCUT2D eigenvalue weighted by Gasteiger charge is 2.06. The molecule has 0 aliphatic rings. The van der Waals surface area contributed by atoms with Crippen LogP contribution >= 0.6 is 0 Å². The Bertz CT molecular complexity index is 231. The van der Waals surface area contributed by atoms with Crippen LogP contribution in [-0.2, 0) is 6.54 Å². The molecule has 0 aliphatic heterocycles. The standard InChI is InChI=1S/C10H16N.11H3N.H2O/c1-11(2,3)9-10-7-5-4-6-8-10;;;;;;;;;;;;/h4-8H,9H2,1-3H3;11*1H3;1H2/q+1;;;;;;;;;;;;/p-1. The Morgan fingerprint density at radius 3 is 1.04 bits per heavy atom. The summed E-state index contributed by atoms with van der Waals surface area (Å²) < 4.78 is 0.990. The second-order valence-corrected chi connectivity index (χ2v) is 3.93. The highest BCUT2D eigenvalue weighted by Crippen LogP contribution is 2.04. The quantitative estimate of drug-likeness (QED) is 0.339. The lowest BCUT2D eigenvalue weighted by Gasteiger charge is -2.23. The fraction of sp³-hybridized carbons (Fsp3) is 0.400.